The number of fused-ring (bicyclic) bond motifs is 7. The number of hydrogen-bond acceptors (Lipinski definition) is 6. The summed E-state index contributed by atoms with van der Waals surface area (Å²) in [5, 5.41) is 31.6. The number of aromatic nitrogens is 3. The number of rotatable bonds is 13. The lowest BCUT2D eigenvalue weighted by Crippen LogP contribution is -2.17. The summed E-state index contributed by atoms with van der Waals surface area (Å²) in [6, 6.07) is -0.400. The molecule has 12 heteroatoms. The number of aliphatic imine (C=N–C) groups is 1. The Labute approximate surface area is 276 Å². The molecule has 1 unspecified atom stereocenters. The van der Waals surface area contributed by atoms with E-state index in [1.54, 1.807) is 0 Å². The molecule has 8 bridgehead atoms. The normalized spacial score (nSPS) is 18.0. The SMILES string of the molecule is CC1=C(CCC(=O)O)C2=NC1/C=c1\[nH]/c(c(C)c1CCOC=O)=C\c1[nH]c(c(C)c1CCC(=O)O)/C=c1\[nH]/c(c(C)c1CCC(=O)O)=C\2. The van der Waals surface area contributed by atoms with Gasteiger partial charge in [-0.15, -0.1) is 0 Å². The first-order valence-corrected chi connectivity index (χ1v) is 15.9. The third-order valence-corrected chi connectivity index (χ3v) is 9.35. The Morgan fingerprint density at radius 1 is 0.708 bits per heavy atom. The number of aliphatic carboxylic acids is 3. The summed E-state index contributed by atoms with van der Waals surface area (Å²) >= 11 is 0. The minimum Gasteiger partial charge on any atom is -0.481 e. The minimum atomic E-state index is -0.917. The number of H-pyrrole nitrogens is 3. The predicted octanol–water partition coefficient (Wildman–Crippen LogP) is 1.58. The summed E-state index contributed by atoms with van der Waals surface area (Å²) in [7, 11) is 0. The maximum absolute atomic E-state index is 11.6. The van der Waals surface area contributed by atoms with Gasteiger partial charge in [0.25, 0.3) is 6.47 Å². The molecule has 6 N–H and O–H groups in total. The third-order valence-electron chi connectivity index (χ3n) is 9.35. The lowest BCUT2D eigenvalue weighted by atomic mass is 9.97. The number of aromatic amines is 3. The number of ether oxygens (including phenoxy) is 1. The zero-order chi connectivity index (χ0) is 34.7. The summed E-state index contributed by atoms with van der Waals surface area (Å²) in [4.78, 5) is 61.3. The molecule has 0 aliphatic carbocycles. The quantitative estimate of drug-likeness (QED) is 0.118. The molecule has 3 aromatic rings. The van der Waals surface area contributed by atoms with Gasteiger partial charge in [-0.05, 0) is 116 Å². The van der Waals surface area contributed by atoms with Gasteiger partial charge < -0.3 is 35.0 Å². The van der Waals surface area contributed by atoms with Crippen LogP contribution in [0.4, 0.5) is 0 Å². The van der Waals surface area contributed by atoms with Gasteiger partial charge in [-0.1, -0.05) is 0 Å². The molecule has 12 nitrogen and oxygen atoms in total. The van der Waals surface area contributed by atoms with Crippen LogP contribution >= 0.6 is 0 Å². The van der Waals surface area contributed by atoms with Crippen LogP contribution in [-0.4, -0.2) is 73.0 Å². The van der Waals surface area contributed by atoms with E-state index in [9.17, 15) is 34.5 Å². The Morgan fingerprint density at radius 2 is 1.27 bits per heavy atom. The van der Waals surface area contributed by atoms with E-state index in [1.807, 2.05) is 52.0 Å². The van der Waals surface area contributed by atoms with Crippen molar-refractivity contribution in [3.63, 3.8) is 0 Å². The highest BCUT2D eigenvalue weighted by atomic mass is 16.5. The molecule has 0 saturated carbocycles. The molecule has 0 fully saturated rings. The standard InChI is InChI=1S/C36H40N4O8/c1-18-22(5-8-34(42)43)30-13-27-19(2)23(6-9-35(44)45)32(38-27)15-29-21(4)25(11-12-48-17-41)33(40-29)16-28-20(3)24(7-10-36(46)47)31(39-28)14-26(18)37-30/h13-17,28,37-38,40H,5-12H2,1-4H3,(H,42,43)(H,44,45)(H,46,47)/b26-14-,29-15-,30-13-,33-16-. The highest BCUT2D eigenvalue weighted by Crippen LogP contribution is 2.28. The van der Waals surface area contributed by atoms with Gasteiger partial charge in [-0.25, -0.2) is 0 Å². The summed E-state index contributed by atoms with van der Waals surface area (Å²) in [6.45, 7) is 8.37. The Hall–Kier alpha value is -5.39. The molecule has 2 aliphatic heterocycles. The predicted molar refractivity (Wildman–Crippen MR) is 180 cm³/mol. The fraction of sp³-hybridized carbons (Fsp3) is 0.361. The Balaban J connectivity index is 1.85. The largest absolute Gasteiger partial charge is 0.481 e. The number of carboxylic acid groups (broad SMARTS) is 3. The number of carbonyl (C=O) groups excluding carboxylic acids is 1. The van der Waals surface area contributed by atoms with Crippen LogP contribution in [-0.2, 0) is 43.2 Å². The number of carboxylic acids is 3. The average molecular weight is 657 g/mol. The van der Waals surface area contributed by atoms with E-state index in [4.69, 9.17) is 9.73 Å². The van der Waals surface area contributed by atoms with Gasteiger partial charge >= 0.3 is 17.9 Å². The molecule has 0 radical (unpaired) electrons. The van der Waals surface area contributed by atoms with Crippen molar-refractivity contribution in [1.29, 1.82) is 0 Å². The lowest BCUT2D eigenvalue weighted by molar-refractivity contribution is -0.138. The average Bonchev–Trinajstić information content (AvgIpc) is 3.68. The fourth-order valence-electron chi connectivity index (χ4n) is 6.63. The molecule has 5 heterocycles. The van der Waals surface area contributed by atoms with E-state index < -0.39 is 23.9 Å². The van der Waals surface area contributed by atoms with Crippen LogP contribution in [0, 0.1) is 20.8 Å². The van der Waals surface area contributed by atoms with Crippen LogP contribution < -0.4 is 21.4 Å². The van der Waals surface area contributed by atoms with Crippen molar-refractivity contribution in [2.24, 2.45) is 4.99 Å². The molecule has 3 aromatic heterocycles. The van der Waals surface area contributed by atoms with Gasteiger partial charge in [0.2, 0.25) is 0 Å². The van der Waals surface area contributed by atoms with Crippen LogP contribution in [0.25, 0.3) is 24.3 Å². The van der Waals surface area contributed by atoms with E-state index in [-0.39, 0.29) is 38.7 Å². The molecular formula is C36H40N4O8. The van der Waals surface area contributed by atoms with Crippen LogP contribution in [0.5, 0.6) is 0 Å². The highest BCUT2D eigenvalue weighted by Gasteiger charge is 2.24. The number of hydrogen-bond donors (Lipinski definition) is 6. The number of nitrogens with one attached hydrogen (secondary N) is 3. The summed E-state index contributed by atoms with van der Waals surface area (Å²) < 4.78 is 5.05. The van der Waals surface area contributed by atoms with Crippen LogP contribution in [0.2, 0.25) is 0 Å². The van der Waals surface area contributed by atoms with E-state index in [2.05, 4.69) is 15.0 Å². The van der Waals surface area contributed by atoms with Crippen LogP contribution in [0.15, 0.2) is 16.1 Å². The van der Waals surface area contributed by atoms with E-state index in [0.717, 1.165) is 77.3 Å². The second kappa shape index (κ2) is 14.2. The molecule has 0 spiro atoms. The maximum Gasteiger partial charge on any atom is 0.303 e. The van der Waals surface area contributed by atoms with Gasteiger partial charge in [-0.2, -0.15) is 0 Å². The fourth-order valence-corrected chi connectivity index (χ4v) is 6.63. The highest BCUT2D eigenvalue weighted by molar-refractivity contribution is 6.22. The number of carbonyl (C=O) groups is 4. The van der Waals surface area contributed by atoms with Gasteiger partial charge in [0, 0.05) is 58.5 Å². The lowest BCUT2D eigenvalue weighted by Gasteiger charge is -2.06. The molecule has 48 heavy (non-hydrogen) atoms. The Morgan fingerprint density at radius 3 is 1.92 bits per heavy atom. The zero-order valence-electron chi connectivity index (χ0n) is 27.5. The molecule has 0 amide bonds. The second-order valence-corrected chi connectivity index (χ2v) is 12.3. The molecule has 2 aliphatic rings. The zero-order valence-corrected chi connectivity index (χ0v) is 27.5. The van der Waals surface area contributed by atoms with E-state index >= 15 is 0 Å². The van der Waals surface area contributed by atoms with Crippen molar-refractivity contribution in [3.8, 4) is 0 Å². The van der Waals surface area contributed by atoms with E-state index in [0.29, 0.717) is 25.0 Å². The van der Waals surface area contributed by atoms with Gasteiger partial charge in [0.05, 0.1) is 18.4 Å². The van der Waals surface area contributed by atoms with E-state index in [1.165, 1.54) is 0 Å². The van der Waals surface area contributed by atoms with Gasteiger partial charge in [0.15, 0.2) is 0 Å². The van der Waals surface area contributed by atoms with Crippen molar-refractivity contribution in [1.82, 2.24) is 15.0 Å². The second-order valence-electron chi connectivity index (χ2n) is 12.3. The monoisotopic (exact) mass is 656 g/mol. The Bertz CT molecular complexity index is 2120. The topological polar surface area (TPSA) is 198 Å². The first kappa shape index (κ1) is 34.0. The molecule has 5 rings (SSSR count). The minimum absolute atomic E-state index is 0.0573. The first-order valence-electron chi connectivity index (χ1n) is 15.9. The molecule has 0 aromatic carbocycles. The molecule has 0 saturated heterocycles. The smallest absolute Gasteiger partial charge is 0.303 e. The third kappa shape index (κ3) is 7.12. The summed E-state index contributed by atoms with van der Waals surface area (Å²) in [5.41, 5.74) is 9.20. The van der Waals surface area contributed by atoms with Crippen molar-refractivity contribution in [2.45, 2.75) is 78.7 Å². The molecular weight excluding hydrogens is 616 g/mol. The van der Waals surface area contributed by atoms with Crippen molar-refractivity contribution in [2.75, 3.05) is 6.61 Å². The van der Waals surface area contributed by atoms with Crippen molar-refractivity contribution in [3.05, 3.63) is 77.3 Å². The van der Waals surface area contributed by atoms with Gasteiger partial charge in [0.1, 0.15) is 0 Å². The van der Waals surface area contributed by atoms with Gasteiger partial charge in [-0.3, -0.25) is 24.2 Å². The van der Waals surface area contributed by atoms with Crippen LogP contribution in [0.3, 0.4) is 0 Å². The summed E-state index contributed by atoms with van der Waals surface area (Å²) in [5.74, 6) is -2.74. The number of nitrogens with zero attached hydrogens (tertiary/aromatic N) is 1. The summed E-state index contributed by atoms with van der Waals surface area (Å²) in [6.07, 6.45) is 8.92. The van der Waals surface area contributed by atoms with Crippen molar-refractivity contribution < 1.29 is 39.2 Å². The molecule has 252 valence electrons. The molecule has 1 atom stereocenters. The Kier molecular flexibility index (Phi) is 10.0. The first-order chi connectivity index (χ1) is 22.9. The number of allylic oxidation sites excluding steroid dienone is 1. The van der Waals surface area contributed by atoms with Crippen molar-refractivity contribution >= 4 is 54.4 Å². The van der Waals surface area contributed by atoms with Crippen LogP contribution in [0.1, 0.15) is 77.4 Å². The maximum atomic E-state index is 11.6.